The average molecular weight is 441 g/mol. The second kappa shape index (κ2) is 8.03. The number of halogens is 1. The molecule has 0 bridgehead atoms. The molecule has 0 aliphatic carbocycles. The number of aromatic nitrogens is 1. The lowest BCUT2D eigenvalue weighted by molar-refractivity contribution is 0.0900. The van der Waals surface area contributed by atoms with Gasteiger partial charge < -0.3 is 4.90 Å². The van der Waals surface area contributed by atoms with Crippen molar-refractivity contribution in [3.05, 3.63) is 64.8 Å². The van der Waals surface area contributed by atoms with Crippen molar-refractivity contribution < 1.29 is 4.79 Å². The van der Waals surface area contributed by atoms with Crippen LogP contribution in [0.15, 0.2) is 64.1 Å². The highest BCUT2D eigenvalue weighted by Crippen LogP contribution is 2.32. The second-order valence-corrected chi connectivity index (χ2v) is 8.64. The number of carbonyl (C=O) groups excluding carboxylic acids is 1. The van der Waals surface area contributed by atoms with E-state index in [1.54, 1.807) is 11.8 Å². The Bertz CT molecular complexity index is 966. The quantitative estimate of drug-likeness (QED) is 0.378. The molecule has 0 saturated carbocycles. The maximum absolute atomic E-state index is 12.9. The highest BCUT2D eigenvalue weighted by atomic mass is 79.9. The van der Waals surface area contributed by atoms with Crippen LogP contribution in [-0.4, -0.2) is 30.1 Å². The molecule has 0 amide bonds. The van der Waals surface area contributed by atoms with Crippen LogP contribution in [0.5, 0.6) is 0 Å². The Hall–Kier alpha value is -1.85. The van der Waals surface area contributed by atoms with Crippen molar-refractivity contribution in [2.45, 2.75) is 17.7 Å². The third-order valence-electron chi connectivity index (χ3n) is 5.26. The Morgan fingerprint density at radius 1 is 1.11 bits per heavy atom. The zero-order valence-electron chi connectivity index (χ0n) is 15.2. The van der Waals surface area contributed by atoms with Crippen LogP contribution in [0.2, 0.25) is 0 Å². The largest absolute Gasteiger partial charge is 0.371 e. The van der Waals surface area contributed by atoms with E-state index in [2.05, 4.69) is 37.9 Å². The van der Waals surface area contributed by atoms with Crippen molar-refractivity contribution in [1.82, 2.24) is 4.98 Å². The molecular formula is C22H21BrN2OS. The predicted molar refractivity (Wildman–Crippen MR) is 117 cm³/mol. The lowest BCUT2D eigenvalue weighted by atomic mass is 9.88. The number of thioether (sulfide) groups is 1. The molecule has 4 rings (SSSR count). The van der Waals surface area contributed by atoms with E-state index < -0.39 is 0 Å². The standard InChI is InChI=1S/C22H21BrN2OS/c1-27-18-5-2-15(3-6-18)22(26)16-9-12-25(13-10-16)21-8-11-24-20-7-4-17(23)14-19(20)21/h2-8,11,14,16H,9-10,12-13H2,1H3. The number of ketones is 1. The van der Waals surface area contributed by atoms with Crippen LogP contribution in [0, 0.1) is 5.92 Å². The number of hydrogen-bond acceptors (Lipinski definition) is 4. The maximum Gasteiger partial charge on any atom is 0.166 e. The third-order valence-corrected chi connectivity index (χ3v) is 6.50. The molecule has 0 radical (unpaired) electrons. The first-order chi connectivity index (χ1) is 13.2. The van der Waals surface area contributed by atoms with Gasteiger partial charge in [0.15, 0.2) is 5.78 Å². The summed E-state index contributed by atoms with van der Waals surface area (Å²) >= 11 is 5.26. The number of pyridine rings is 1. The number of anilines is 1. The van der Waals surface area contributed by atoms with Gasteiger partial charge in [-0.3, -0.25) is 9.78 Å². The van der Waals surface area contributed by atoms with E-state index >= 15 is 0 Å². The molecule has 3 nitrogen and oxygen atoms in total. The van der Waals surface area contributed by atoms with E-state index in [0.29, 0.717) is 0 Å². The average Bonchev–Trinajstić information content (AvgIpc) is 2.73. The first-order valence-electron chi connectivity index (χ1n) is 9.13. The van der Waals surface area contributed by atoms with Crippen molar-refractivity contribution in [2.24, 2.45) is 5.92 Å². The molecule has 27 heavy (non-hydrogen) atoms. The first-order valence-corrected chi connectivity index (χ1v) is 11.1. The SMILES string of the molecule is CSc1ccc(C(=O)C2CCN(c3ccnc4ccc(Br)cc34)CC2)cc1. The van der Waals surface area contributed by atoms with Gasteiger partial charge in [-0.05, 0) is 55.5 Å². The van der Waals surface area contributed by atoms with E-state index in [4.69, 9.17) is 0 Å². The molecule has 1 saturated heterocycles. The molecule has 1 fully saturated rings. The molecule has 3 aromatic rings. The summed E-state index contributed by atoms with van der Waals surface area (Å²) in [4.78, 5) is 20.9. The van der Waals surface area contributed by atoms with Crippen molar-refractivity contribution in [1.29, 1.82) is 0 Å². The van der Waals surface area contributed by atoms with Gasteiger partial charge >= 0.3 is 0 Å². The van der Waals surface area contributed by atoms with E-state index in [9.17, 15) is 4.79 Å². The van der Waals surface area contributed by atoms with Crippen molar-refractivity contribution in [3.63, 3.8) is 0 Å². The van der Waals surface area contributed by atoms with Crippen molar-refractivity contribution in [2.75, 3.05) is 24.2 Å². The lowest BCUT2D eigenvalue weighted by Gasteiger charge is -2.33. The van der Waals surface area contributed by atoms with E-state index in [-0.39, 0.29) is 11.7 Å². The molecule has 1 aliphatic rings. The number of benzene rings is 2. The molecular weight excluding hydrogens is 420 g/mol. The van der Waals surface area contributed by atoms with E-state index in [1.807, 2.05) is 48.9 Å². The van der Waals surface area contributed by atoms with Crippen molar-refractivity contribution in [3.8, 4) is 0 Å². The number of hydrogen-bond donors (Lipinski definition) is 0. The Labute approximate surface area is 172 Å². The van der Waals surface area contributed by atoms with Gasteiger partial charge in [-0.15, -0.1) is 11.8 Å². The van der Waals surface area contributed by atoms with Gasteiger partial charge in [0, 0.05) is 51.2 Å². The maximum atomic E-state index is 12.9. The zero-order chi connectivity index (χ0) is 18.8. The highest BCUT2D eigenvalue weighted by Gasteiger charge is 2.26. The Kier molecular flexibility index (Phi) is 5.50. The zero-order valence-corrected chi connectivity index (χ0v) is 17.6. The fourth-order valence-electron chi connectivity index (χ4n) is 3.75. The van der Waals surface area contributed by atoms with Crippen LogP contribution in [0.1, 0.15) is 23.2 Å². The van der Waals surface area contributed by atoms with Crippen LogP contribution in [-0.2, 0) is 0 Å². The molecule has 1 aromatic heterocycles. The summed E-state index contributed by atoms with van der Waals surface area (Å²) in [6.45, 7) is 1.79. The van der Waals surface area contributed by atoms with E-state index in [0.717, 1.165) is 46.9 Å². The van der Waals surface area contributed by atoms with Crippen LogP contribution in [0.25, 0.3) is 10.9 Å². The van der Waals surface area contributed by atoms with Crippen LogP contribution >= 0.6 is 27.7 Å². The highest BCUT2D eigenvalue weighted by molar-refractivity contribution is 9.10. The smallest absolute Gasteiger partial charge is 0.166 e. The molecule has 5 heteroatoms. The summed E-state index contributed by atoms with van der Waals surface area (Å²) in [6, 6.07) is 16.3. The summed E-state index contributed by atoms with van der Waals surface area (Å²) in [5.41, 5.74) is 3.05. The number of nitrogens with zero attached hydrogens (tertiary/aromatic N) is 2. The minimum Gasteiger partial charge on any atom is -0.371 e. The summed E-state index contributed by atoms with van der Waals surface area (Å²) in [7, 11) is 0. The van der Waals surface area contributed by atoms with Gasteiger partial charge in [0.05, 0.1) is 5.52 Å². The van der Waals surface area contributed by atoms with Gasteiger partial charge in [0.1, 0.15) is 0 Å². The lowest BCUT2D eigenvalue weighted by Crippen LogP contribution is -2.36. The van der Waals surface area contributed by atoms with Gasteiger partial charge in [-0.25, -0.2) is 0 Å². The Balaban J connectivity index is 1.49. The normalized spacial score (nSPS) is 15.3. The monoisotopic (exact) mass is 440 g/mol. The van der Waals surface area contributed by atoms with Crippen LogP contribution in [0.4, 0.5) is 5.69 Å². The fourth-order valence-corrected chi connectivity index (χ4v) is 4.52. The molecule has 2 aromatic carbocycles. The van der Waals surface area contributed by atoms with E-state index in [1.165, 1.54) is 10.6 Å². The Morgan fingerprint density at radius 2 is 1.85 bits per heavy atom. The minimum absolute atomic E-state index is 0.112. The molecule has 138 valence electrons. The number of fused-ring (bicyclic) bond motifs is 1. The minimum atomic E-state index is 0.112. The summed E-state index contributed by atoms with van der Waals surface area (Å²) in [5, 5.41) is 1.16. The summed E-state index contributed by atoms with van der Waals surface area (Å²) in [6.07, 6.45) is 5.70. The van der Waals surface area contributed by atoms with Crippen molar-refractivity contribution >= 4 is 50.1 Å². The molecule has 0 atom stereocenters. The molecule has 0 unspecified atom stereocenters. The van der Waals surface area contributed by atoms with Gasteiger partial charge in [0.25, 0.3) is 0 Å². The number of Topliss-reactive ketones (excluding diaryl/α,β-unsaturated/α-hetero) is 1. The molecule has 0 spiro atoms. The van der Waals surface area contributed by atoms with Gasteiger partial charge in [-0.2, -0.15) is 0 Å². The third kappa shape index (κ3) is 3.90. The topological polar surface area (TPSA) is 33.2 Å². The second-order valence-electron chi connectivity index (χ2n) is 6.85. The number of rotatable bonds is 4. The summed E-state index contributed by atoms with van der Waals surface area (Å²) in [5.74, 6) is 0.394. The van der Waals surface area contributed by atoms with Crippen LogP contribution in [0.3, 0.4) is 0 Å². The number of piperidine rings is 1. The van der Waals surface area contributed by atoms with Gasteiger partial charge in [0.2, 0.25) is 0 Å². The molecule has 1 aliphatic heterocycles. The first kappa shape index (κ1) is 18.5. The van der Waals surface area contributed by atoms with Gasteiger partial charge in [-0.1, -0.05) is 28.1 Å². The molecule has 2 heterocycles. The Morgan fingerprint density at radius 3 is 2.56 bits per heavy atom. The summed E-state index contributed by atoms with van der Waals surface area (Å²) < 4.78 is 1.06. The number of carbonyl (C=O) groups is 1. The fraction of sp³-hybridized carbons (Fsp3) is 0.273. The molecule has 0 N–H and O–H groups in total. The van der Waals surface area contributed by atoms with Crippen LogP contribution < -0.4 is 4.90 Å². The predicted octanol–water partition coefficient (Wildman–Crippen LogP) is 5.82.